The highest BCUT2D eigenvalue weighted by atomic mass is 32.2. The lowest BCUT2D eigenvalue weighted by molar-refractivity contribution is 0.0935. The standard InChI is InChI=1S/C22H22N2O3S/c1-2-21(17-9-5-3-6-10-17)23-22(25)18-13-15-19(16-14-18)24-28(26,27)20-11-7-4-8-12-20/h3-16,21,24H,2H2,1H3,(H,23,25). The van der Waals surface area contributed by atoms with Crippen LogP contribution in [0.5, 0.6) is 0 Å². The summed E-state index contributed by atoms with van der Waals surface area (Å²) in [5.74, 6) is -0.201. The normalized spacial score (nSPS) is 12.2. The van der Waals surface area contributed by atoms with E-state index < -0.39 is 10.0 Å². The van der Waals surface area contributed by atoms with Crippen molar-refractivity contribution in [1.82, 2.24) is 5.32 Å². The summed E-state index contributed by atoms with van der Waals surface area (Å²) in [5, 5.41) is 3.02. The average molecular weight is 394 g/mol. The van der Waals surface area contributed by atoms with E-state index in [0.717, 1.165) is 12.0 Å². The van der Waals surface area contributed by atoms with Gasteiger partial charge in [-0.05, 0) is 48.4 Å². The Morgan fingerprint density at radius 3 is 2.00 bits per heavy atom. The molecule has 6 heteroatoms. The van der Waals surface area contributed by atoms with Crippen molar-refractivity contribution >= 4 is 21.6 Å². The summed E-state index contributed by atoms with van der Waals surface area (Å²) in [6.07, 6.45) is 0.769. The molecular formula is C22H22N2O3S. The predicted molar refractivity (Wildman–Crippen MR) is 111 cm³/mol. The molecule has 144 valence electrons. The fourth-order valence-corrected chi connectivity index (χ4v) is 3.93. The Bertz CT molecular complexity index is 1020. The van der Waals surface area contributed by atoms with Gasteiger partial charge in [-0.15, -0.1) is 0 Å². The van der Waals surface area contributed by atoms with Crippen LogP contribution in [0.2, 0.25) is 0 Å². The number of carbonyl (C=O) groups excluding carboxylic acids is 1. The summed E-state index contributed by atoms with van der Waals surface area (Å²) in [7, 11) is -3.66. The summed E-state index contributed by atoms with van der Waals surface area (Å²) in [6, 6.07) is 24.2. The molecular weight excluding hydrogens is 372 g/mol. The van der Waals surface area contributed by atoms with Crippen LogP contribution in [0.1, 0.15) is 35.3 Å². The molecule has 0 spiro atoms. The highest BCUT2D eigenvalue weighted by Gasteiger charge is 2.16. The quantitative estimate of drug-likeness (QED) is 0.625. The average Bonchev–Trinajstić information content (AvgIpc) is 2.73. The van der Waals surface area contributed by atoms with Crippen LogP contribution in [-0.4, -0.2) is 14.3 Å². The van der Waals surface area contributed by atoms with E-state index in [9.17, 15) is 13.2 Å². The second-order valence-electron chi connectivity index (χ2n) is 6.34. The Labute approximate surface area is 165 Å². The Morgan fingerprint density at radius 1 is 0.857 bits per heavy atom. The molecule has 0 saturated heterocycles. The smallest absolute Gasteiger partial charge is 0.261 e. The maximum atomic E-state index is 12.6. The van der Waals surface area contributed by atoms with Gasteiger partial charge in [0.25, 0.3) is 15.9 Å². The van der Waals surface area contributed by atoms with Gasteiger partial charge < -0.3 is 5.32 Å². The fraction of sp³-hybridized carbons (Fsp3) is 0.136. The Balaban J connectivity index is 1.69. The van der Waals surface area contributed by atoms with Crippen molar-refractivity contribution < 1.29 is 13.2 Å². The van der Waals surface area contributed by atoms with Crippen molar-refractivity contribution in [2.24, 2.45) is 0 Å². The molecule has 0 aliphatic rings. The van der Waals surface area contributed by atoms with Gasteiger partial charge in [-0.3, -0.25) is 9.52 Å². The van der Waals surface area contributed by atoms with Crippen LogP contribution in [0.15, 0.2) is 89.8 Å². The van der Waals surface area contributed by atoms with Crippen LogP contribution in [0, 0.1) is 0 Å². The fourth-order valence-electron chi connectivity index (χ4n) is 2.85. The van der Waals surface area contributed by atoms with Gasteiger partial charge in [-0.1, -0.05) is 55.5 Å². The SMILES string of the molecule is CCC(NC(=O)c1ccc(NS(=O)(=O)c2ccccc2)cc1)c1ccccc1. The minimum atomic E-state index is -3.66. The lowest BCUT2D eigenvalue weighted by Crippen LogP contribution is -2.28. The third-order valence-electron chi connectivity index (χ3n) is 4.37. The van der Waals surface area contributed by atoms with Crippen molar-refractivity contribution in [1.29, 1.82) is 0 Å². The Hall–Kier alpha value is -3.12. The van der Waals surface area contributed by atoms with Crippen molar-refractivity contribution in [3.05, 3.63) is 96.1 Å². The molecule has 0 aromatic heterocycles. The molecule has 0 saturated carbocycles. The van der Waals surface area contributed by atoms with Gasteiger partial charge in [0.15, 0.2) is 0 Å². The molecule has 5 nitrogen and oxygen atoms in total. The zero-order valence-electron chi connectivity index (χ0n) is 15.5. The summed E-state index contributed by atoms with van der Waals surface area (Å²) >= 11 is 0. The van der Waals surface area contributed by atoms with Crippen LogP contribution in [0.25, 0.3) is 0 Å². The first-order valence-corrected chi connectivity index (χ1v) is 10.5. The molecule has 1 amide bonds. The zero-order chi connectivity index (χ0) is 20.0. The van der Waals surface area contributed by atoms with E-state index in [0.29, 0.717) is 11.3 Å². The van der Waals surface area contributed by atoms with Gasteiger partial charge in [0, 0.05) is 11.3 Å². The molecule has 1 atom stereocenters. The van der Waals surface area contributed by atoms with E-state index in [1.54, 1.807) is 42.5 Å². The molecule has 3 rings (SSSR count). The minimum absolute atomic E-state index is 0.0787. The molecule has 3 aromatic rings. The molecule has 0 aliphatic carbocycles. The van der Waals surface area contributed by atoms with Crippen LogP contribution >= 0.6 is 0 Å². The van der Waals surface area contributed by atoms with Gasteiger partial charge in [-0.2, -0.15) is 0 Å². The molecule has 0 radical (unpaired) electrons. The second kappa shape index (κ2) is 8.71. The molecule has 0 fully saturated rings. The number of sulfonamides is 1. The minimum Gasteiger partial charge on any atom is -0.345 e. The third-order valence-corrected chi connectivity index (χ3v) is 5.77. The van der Waals surface area contributed by atoms with E-state index >= 15 is 0 Å². The first kappa shape index (κ1) is 19.6. The third kappa shape index (κ3) is 4.78. The van der Waals surface area contributed by atoms with E-state index in [-0.39, 0.29) is 16.8 Å². The number of nitrogens with one attached hydrogen (secondary N) is 2. The first-order chi connectivity index (χ1) is 13.5. The summed E-state index contributed by atoms with van der Waals surface area (Å²) in [4.78, 5) is 12.7. The van der Waals surface area contributed by atoms with Gasteiger partial charge in [0.2, 0.25) is 0 Å². The summed E-state index contributed by atoms with van der Waals surface area (Å²) < 4.78 is 27.3. The second-order valence-corrected chi connectivity index (χ2v) is 8.02. The lowest BCUT2D eigenvalue weighted by Gasteiger charge is -2.17. The molecule has 0 aliphatic heterocycles. The van der Waals surface area contributed by atoms with Crippen LogP contribution in [0.4, 0.5) is 5.69 Å². The molecule has 2 N–H and O–H groups in total. The molecule has 28 heavy (non-hydrogen) atoms. The number of hydrogen-bond acceptors (Lipinski definition) is 3. The van der Waals surface area contributed by atoms with Crippen LogP contribution in [0.3, 0.4) is 0 Å². The summed E-state index contributed by atoms with van der Waals surface area (Å²) in [6.45, 7) is 2.01. The first-order valence-electron chi connectivity index (χ1n) is 9.03. The number of hydrogen-bond donors (Lipinski definition) is 2. The van der Waals surface area contributed by atoms with Crippen molar-refractivity contribution in [3.8, 4) is 0 Å². The molecule has 0 heterocycles. The van der Waals surface area contributed by atoms with Crippen molar-refractivity contribution in [2.45, 2.75) is 24.3 Å². The number of amides is 1. The number of anilines is 1. The van der Waals surface area contributed by atoms with Gasteiger partial charge in [0.1, 0.15) is 0 Å². The largest absolute Gasteiger partial charge is 0.345 e. The zero-order valence-corrected chi connectivity index (χ0v) is 16.3. The highest BCUT2D eigenvalue weighted by Crippen LogP contribution is 2.19. The van der Waals surface area contributed by atoms with Gasteiger partial charge in [-0.25, -0.2) is 8.42 Å². The molecule has 0 bridgehead atoms. The number of carbonyl (C=O) groups is 1. The van der Waals surface area contributed by atoms with E-state index in [1.807, 2.05) is 37.3 Å². The Morgan fingerprint density at radius 2 is 1.43 bits per heavy atom. The monoisotopic (exact) mass is 394 g/mol. The van der Waals surface area contributed by atoms with E-state index in [1.165, 1.54) is 12.1 Å². The van der Waals surface area contributed by atoms with E-state index in [4.69, 9.17) is 0 Å². The highest BCUT2D eigenvalue weighted by molar-refractivity contribution is 7.92. The van der Waals surface area contributed by atoms with Crippen molar-refractivity contribution in [3.63, 3.8) is 0 Å². The van der Waals surface area contributed by atoms with Crippen molar-refractivity contribution in [2.75, 3.05) is 4.72 Å². The van der Waals surface area contributed by atoms with Crippen LogP contribution in [-0.2, 0) is 10.0 Å². The maximum absolute atomic E-state index is 12.6. The summed E-state index contributed by atoms with van der Waals surface area (Å²) in [5.41, 5.74) is 1.91. The Kier molecular flexibility index (Phi) is 6.11. The maximum Gasteiger partial charge on any atom is 0.261 e. The molecule has 1 unspecified atom stereocenters. The topological polar surface area (TPSA) is 75.3 Å². The van der Waals surface area contributed by atoms with E-state index in [2.05, 4.69) is 10.0 Å². The van der Waals surface area contributed by atoms with Crippen LogP contribution < -0.4 is 10.0 Å². The predicted octanol–water partition coefficient (Wildman–Crippen LogP) is 4.37. The number of rotatable bonds is 7. The lowest BCUT2D eigenvalue weighted by atomic mass is 10.0. The molecule has 3 aromatic carbocycles. The van der Waals surface area contributed by atoms with Gasteiger partial charge >= 0.3 is 0 Å². The number of benzene rings is 3. The van der Waals surface area contributed by atoms with Gasteiger partial charge in [0.05, 0.1) is 10.9 Å².